The molecule has 5 nitrogen and oxygen atoms in total. The molecule has 0 saturated heterocycles. The Morgan fingerprint density at radius 1 is 1.30 bits per heavy atom. The number of hydrogen-bond donors (Lipinski definition) is 1. The van der Waals surface area contributed by atoms with Gasteiger partial charge in [0.15, 0.2) is 0 Å². The third kappa shape index (κ3) is 4.24. The van der Waals surface area contributed by atoms with Crippen LogP contribution in [0.25, 0.3) is 0 Å². The molecule has 0 bridgehead atoms. The summed E-state index contributed by atoms with van der Waals surface area (Å²) in [5.41, 5.74) is 2.83. The summed E-state index contributed by atoms with van der Waals surface area (Å²) >= 11 is 0. The molecule has 0 fully saturated rings. The Morgan fingerprint density at radius 3 is 2.96 bits per heavy atom. The Morgan fingerprint density at radius 2 is 2.13 bits per heavy atom. The molecule has 1 N–H and O–H groups in total. The SMILES string of the molecule is CN(CCCO)CCC1CN=C(N2CCc3ccccc3C2)O1. The lowest BCUT2D eigenvalue weighted by molar-refractivity contribution is 0.153. The van der Waals surface area contributed by atoms with Crippen LogP contribution in [0.1, 0.15) is 24.0 Å². The van der Waals surface area contributed by atoms with Crippen molar-refractivity contribution in [2.24, 2.45) is 4.99 Å². The molecule has 0 saturated carbocycles. The van der Waals surface area contributed by atoms with Crippen LogP contribution in [-0.4, -0.2) is 66.9 Å². The van der Waals surface area contributed by atoms with E-state index in [1.54, 1.807) is 0 Å². The first-order valence-corrected chi connectivity index (χ1v) is 8.58. The van der Waals surface area contributed by atoms with Crippen LogP contribution in [0.15, 0.2) is 29.3 Å². The first-order chi connectivity index (χ1) is 11.3. The number of aliphatic imine (C=N–C) groups is 1. The summed E-state index contributed by atoms with van der Waals surface area (Å²) in [6.45, 7) is 4.82. The van der Waals surface area contributed by atoms with Crippen molar-refractivity contribution in [2.75, 3.05) is 39.8 Å². The first kappa shape index (κ1) is 16.3. The molecule has 0 spiro atoms. The van der Waals surface area contributed by atoms with Crippen molar-refractivity contribution in [3.8, 4) is 0 Å². The van der Waals surface area contributed by atoms with Gasteiger partial charge in [-0.15, -0.1) is 0 Å². The van der Waals surface area contributed by atoms with Gasteiger partial charge in [-0.05, 0) is 37.4 Å². The molecular formula is C18H27N3O2. The number of nitrogens with zero attached hydrogens (tertiary/aromatic N) is 3. The Kier molecular flexibility index (Phi) is 5.51. The van der Waals surface area contributed by atoms with Crippen LogP contribution in [-0.2, 0) is 17.7 Å². The van der Waals surface area contributed by atoms with E-state index in [1.165, 1.54) is 11.1 Å². The van der Waals surface area contributed by atoms with E-state index in [2.05, 4.69) is 46.1 Å². The molecule has 0 aliphatic carbocycles. The minimum Gasteiger partial charge on any atom is -0.460 e. The maximum absolute atomic E-state index is 8.87. The molecule has 2 heterocycles. The first-order valence-electron chi connectivity index (χ1n) is 8.58. The fourth-order valence-electron chi connectivity index (χ4n) is 3.20. The van der Waals surface area contributed by atoms with Gasteiger partial charge in [0.05, 0.1) is 6.54 Å². The number of ether oxygens (including phenoxy) is 1. The lowest BCUT2D eigenvalue weighted by atomic mass is 10.0. The van der Waals surface area contributed by atoms with Crippen LogP contribution in [0.3, 0.4) is 0 Å². The molecule has 0 aromatic heterocycles. The summed E-state index contributed by atoms with van der Waals surface area (Å²) in [5, 5.41) is 8.87. The van der Waals surface area contributed by atoms with Gasteiger partial charge in [-0.3, -0.25) is 0 Å². The molecule has 0 amide bonds. The van der Waals surface area contributed by atoms with Crippen LogP contribution >= 0.6 is 0 Å². The third-order valence-electron chi connectivity index (χ3n) is 4.63. The van der Waals surface area contributed by atoms with Crippen molar-refractivity contribution in [3.63, 3.8) is 0 Å². The number of amidine groups is 1. The van der Waals surface area contributed by atoms with Gasteiger partial charge in [0.2, 0.25) is 0 Å². The molecule has 23 heavy (non-hydrogen) atoms. The standard InChI is InChI=1S/C18H27N3O2/c1-20(9-4-12-22)10-8-17-13-19-18(23-17)21-11-7-15-5-2-3-6-16(15)14-21/h2-3,5-6,17,22H,4,7-14H2,1H3. The minimum atomic E-state index is 0.193. The molecule has 1 unspecified atom stereocenters. The molecule has 1 aromatic rings. The van der Waals surface area contributed by atoms with E-state index in [4.69, 9.17) is 9.84 Å². The van der Waals surface area contributed by atoms with E-state index < -0.39 is 0 Å². The Labute approximate surface area is 138 Å². The van der Waals surface area contributed by atoms with Crippen molar-refractivity contribution >= 4 is 6.02 Å². The number of benzene rings is 1. The lowest BCUT2D eigenvalue weighted by Gasteiger charge is -2.30. The summed E-state index contributed by atoms with van der Waals surface area (Å²) in [6.07, 6.45) is 3.07. The van der Waals surface area contributed by atoms with Gasteiger partial charge in [-0.1, -0.05) is 24.3 Å². The Balaban J connectivity index is 1.45. The van der Waals surface area contributed by atoms with Crippen molar-refractivity contribution in [1.29, 1.82) is 0 Å². The molecule has 3 rings (SSSR count). The Hall–Kier alpha value is -1.59. The molecule has 2 aliphatic heterocycles. The predicted molar refractivity (Wildman–Crippen MR) is 91.5 cm³/mol. The Bertz CT molecular complexity index is 547. The van der Waals surface area contributed by atoms with Crippen LogP contribution in [0.4, 0.5) is 0 Å². The van der Waals surface area contributed by atoms with E-state index in [9.17, 15) is 0 Å². The average molecular weight is 317 g/mol. The molecule has 126 valence electrons. The third-order valence-corrected chi connectivity index (χ3v) is 4.63. The molecule has 1 aromatic carbocycles. The highest BCUT2D eigenvalue weighted by atomic mass is 16.5. The normalized spacial score (nSPS) is 20.4. The zero-order valence-electron chi connectivity index (χ0n) is 13.9. The largest absolute Gasteiger partial charge is 0.460 e. The number of fused-ring (bicyclic) bond motifs is 1. The van der Waals surface area contributed by atoms with Gasteiger partial charge >= 0.3 is 0 Å². The van der Waals surface area contributed by atoms with Crippen molar-refractivity contribution in [2.45, 2.75) is 31.9 Å². The maximum Gasteiger partial charge on any atom is 0.288 e. The zero-order chi connectivity index (χ0) is 16.1. The van der Waals surface area contributed by atoms with E-state index >= 15 is 0 Å². The van der Waals surface area contributed by atoms with Gasteiger partial charge in [0.25, 0.3) is 6.02 Å². The molecular weight excluding hydrogens is 290 g/mol. The highest BCUT2D eigenvalue weighted by molar-refractivity contribution is 5.75. The summed E-state index contributed by atoms with van der Waals surface area (Å²) in [5.74, 6) is 0. The van der Waals surface area contributed by atoms with Gasteiger partial charge in [0.1, 0.15) is 6.10 Å². The van der Waals surface area contributed by atoms with Crippen LogP contribution in [0.2, 0.25) is 0 Å². The summed E-state index contributed by atoms with van der Waals surface area (Å²) in [7, 11) is 2.09. The second-order valence-corrected chi connectivity index (χ2v) is 6.47. The molecule has 2 aliphatic rings. The van der Waals surface area contributed by atoms with Gasteiger partial charge in [0, 0.05) is 32.8 Å². The van der Waals surface area contributed by atoms with E-state index in [0.717, 1.165) is 58.0 Å². The predicted octanol–water partition coefficient (Wildman–Crippen LogP) is 1.50. The van der Waals surface area contributed by atoms with Gasteiger partial charge in [-0.25, -0.2) is 4.99 Å². The van der Waals surface area contributed by atoms with Crippen LogP contribution in [0.5, 0.6) is 0 Å². The van der Waals surface area contributed by atoms with Gasteiger partial charge in [-0.2, -0.15) is 0 Å². The van der Waals surface area contributed by atoms with E-state index in [-0.39, 0.29) is 12.7 Å². The van der Waals surface area contributed by atoms with Crippen LogP contribution < -0.4 is 0 Å². The zero-order valence-corrected chi connectivity index (χ0v) is 13.9. The van der Waals surface area contributed by atoms with Crippen molar-refractivity contribution in [3.05, 3.63) is 35.4 Å². The topological polar surface area (TPSA) is 48.3 Å². The molecule has 0 radical (unpaired) electrons. The second kappa shape index (κ2) is 7.79. The lowest BCUT2D eigenvalue weighted by Crippen LogP contribution is -2.37. The summed E-state index contributed by atoms with van der Waals surface area (Å²) in [4.78, 5) is 9.12. The second-order valence-electron chi connectivity index (χ2n) is 6.47. The monoisotopic (exact) mass is 317 g/mol. The molecule has 5 heteroatoms. The number of aliphatic hydroxyl groups excluding tert-OH is 1. The summed E-state index contributed by atoms with van der Waals surface area (Å²) in [6, 6.07) is 9.45. The van der Waals surface area contributed by atoms with E-state index in [1.807, 2.05) is 0 Å². The van der Waals surface area contributed by atoms with Gasteiger partial charge < -0.3 is 19.6 Å². The summed E-state index contributed by atoms with van der Waals surface area (Å²) < 4.78 is 6.07. The average Bonchev–Trinajstić information content (AvgIpc) is 3.06. The van der Waals surface area contributed by atoms with Crippen molar-refractivity contribution in [1.82, 2.24) is 9.80 Å². The maximum atomic E-state index is 8.87. The molecule has 1 atom stereocenters. The fraction of sp³-hybridized carbons (Fsp3) is 0.611. The minimum absolute atomic E-state index is 0.193. The fourth-order valence-corrected chi connectivity index (χ4v) is 3.20. The number of hydrogen-bond acceptors (Lipinski definition) is 5. The smallest absolute Gasteiger partial charge is 0.288 e. The number of rotatable bonds is 6. The highest BCUT2D eigenvalue weighted by Gasteiger charge is 2.27. The van der Waals surface area contributed by atoms with Crippen molar-refractivity contribution < 1.29 is 9.84 Å². The highest BCUT2D eigenvalue weighted by Crippen LogP contribution is 2.21. The van der Waals surface area contributed by atoms with Crippen LogP contribution in [0, 0.1) is 0 Å². The van der Waals surface area contributed by atoms with E-state index in [0.29, 0.717) is 0 Å². The number of aliphatic hydroxyl groups is 1. The quantitative estimate of drug-likeness (QED) is 0.864.